The van der Waals surface area contributed by atoms with Crippen molar-refractivity contribution in [2.75, 3.05) is 7.11 Å². The fourth-order valence-corrected chi connectivity index (χ4v) is 1.55. The Morgan fingerprint density at radius 1 is 1.53 bits per heavy atom. The van der Waals surface area contributed by atoms with Gasteiger partial charge in [-0.05, 0) is 19.9 Å². The highest BCUT2D eigenvalue weighted by Gasteiger charge is 2.16. The zero-order valence-electron chi connectivity index (χ0n) is 11.0. The van der Waals surface area contributed by atoms with Gasteiger partial charge in [-0.2, -0.15) is 5.10 Å². The van der Waals surface area contributed by atoms with E-state index in [2.05, 4.69) is 25.5 Å². The van der Waals surface area contributed by atoms with Crippen LogP contribution in [-0.4, -0.2) is 33.2 Å². The summed E-state index contributed by atoms with van der Waals surface area (Å²) in [6.45, 7) is 3.61. The monoisotopic (exact) mass is 261 g/mol. The number of nitrogens with one attached hydrogen (secondary N) is 2. The largest absolute Gasteiger partial charge is 0.497 e. The van der Waals surface area contributed by atoms with Crippen molar-refractivity contribution in [2.45, 2.75) is 19.9 Å². The van der Waals surface area contributed by atoms with Crippen LogP contribution in [0.5, 0.6) is 5.75 Å². The van der Waals surface area contributed by atoms with Crippen LogP contribution in [0.3, 0.4) is 0 Å². The molecule has 19 heavy (non-hydrogen) atoms. The summed E-state index contributed by atoms with van der Waals surface area (Å²) < 4.78 is 5.05. The maximum Gasteiger partial charge on any atom is 0.270 e. The number of hydrogen-bond donors (Lipinski definition) is 2. The first-order valence-electron chi connectivity index (χ1n) is 5.80. The van der Waals surface area contributed by atoms with Crippen LogP contribution in [0.4, 0.5) is 0 Å². The van der Waals surface area contributed by atoms with Crippen molar-refractivity contribution >= 4 is 5.91 Å². The summed E-state index contributed by atoms with van der Waals surface area (Å²) in [5.74, 6) is 1.53. The van der Waals surface area contributed by atoms with Crippen LogP contribution in [0.25, 0.3) is 0 Å². The van der Waals surface area contributed by atoms with Crippen molar-refractivity contribution in [3.63, 3.8) is 0 Å². The molecule has 2 aromatic rings. The summed E-state index contributed by atoms with van der Waals surface area (Å²) >= 11 is 0. The van der Waals surface area contributed by atoms with Crippen molar-refractivity contribution in [2.24, 2.45) is 0 Å². The Balaban J connectivity index is 2.08. The van der Waals surface area contributed by atoms with E-state index in [1.54, 1.807) is 26.0 Å². The van der Waals surface area contributed by atoms with Crippen LogP contribution < -0.4 is 10.1 Å². The van der Waals surface area contributed by atoms with Crippen LogP contribution in [-0.2, 0) is 0 Å². The van der Waals surface area contributed by atoms with Gasteiger partial charge in [0.25, 0.3) is 5.91 Å². The van der Waals surface area contributed by atoms with E-state index in [9.17, 15) is 4.79 Å². The lowest BCUT2D eigenvalue weighted by Gasteiger charge is -2.10. The van der Waals surface area contributed by atoms with Gasteiger partial charge in [0.1, 0.15) is 17.3 Å². The van der Waals surface area contributed by atoms with E-state index in [0.717, 1.165) is 0 Å². The Bertz CT molecular complexity index is 581. The highest BCUT2D eigenvalue weighted by atomic mass is 16.5. The maximum absolute atomic E-state index is 12.0. The number of pyridine rings is 1. The Hall–Kier alpha value is -2.44. The molecule has 1 amide bonds. The molecule has 0 spiro atoms. The van der Waals surface area contributed by atoms with E-state index in [1.165, 1.54) is 13.3 Å². The minimum Gasteiger partial charge on any atom is -0.497 e. The summed E-state index contributed by atoms with van der Waals surface area (Å²) in [5, 5.41) is 9.51. The summed E-state index contributed by atoms with van der Waals surface area (Å²) in [6, 6.07) is 2.95. The Kier molecular flexibility index (Phi) is 3.74. The van der Waals surface area contributed by atoms with Gasteiger partial charge >= 0.3 is 0 Å². The average Bonchev–Trinajstić information content (AvgIpc) is 2.85. The molecule has 0 aliphatic carbocycles. The van der Waals surface area contributed by atoms with Gasteiger partial charge in [-0.15, -0.1) is 0 Å². The molecule has 0 saturated carbocycles. The van der Waals surface area contributed by atoms with Gasteiger partial charge in [-0.1, -0.05) is 0 Å². The van der Waals surface area contributed by atoms with Crippen molar-refractivity contribution in [1.82, 2.24) is 25.5 Å². The first-order chi connectivity index (χ1) is 9.10. The fourth-order valence-electron chi connectivity index (χ4n) is 1.55. The number of nitrogens with zero attached hydrogens (tertiary/aromatic N) is 3. The molecule has 2 rings (SSSR count). The molecule has 7 nitrogen and oxygen atoms in total. The molecule has 2 N–H and O–H groups in total. The first kappa shape index (κ1) is 13.0. The number of H-pyrrole nitrogens is 1. The molecule has 0 aliphatic rings. The minimum atomic E-state index is -0.301. The molecule has 7 heteroatoms. The van der Waals surface area contributed by atoms with Crippen LogP contribution in [0.1, 0.15) is 35.1 Å². The molecule has 100 valence electrons. The highest BCUT2D eigenvalue weighted by molar-refractivity contribution is 5.92. The topological polar surface area (TPSA) is 92.8 Å². The van der Waals surface area contributed by atoms with Crippen LogP contribution in [0.2, 0.25) is 0 Å². The number of aromatic nitrogens is 4. The van der Waals surface area contributed by atoms with Crippen molar-refractivity contribution in [1.29, 1.82) is 0 Å². The number of aromatic amines is 1. The van der Waals surface area contributed by atoms with E-state index in [0.29, 0.717) is 23.1 Å². The van der Waals surface area contributed by atoms with E-state index >= 15 is 0 Å². The van der Waals surface area contributed by atoms with Crippen LogP contribution >= 0.6 is 0 Å². The van der Waals surface area contributed by atoms with Gasteiger partial charge in [-0.3, -0.25) is 14.9 Å². The number of amides is 1. The van der Waals surface area contributed by atoms with Crippen molar-refractivity contribution in [3.05, 3.63) is 35.7 Å². The van der Waals surface area contributed by atoms with Gasteiger partial charge in [0, 0.05) is 12.3 Å². The molecule has 0 saturated heterocycles. The van der Waals surface area contributed by atoms with Crippen LogP contribution in [0.15, 0.2) is 18.3 Å². The molecule has 0 radical (unpaired) electrons. The quantitative estimate of drug-likeness (QED) is 0.856. The molecule has 2 aromatic heterocycles. The smallest absolute Gasteiger partial charge is 0.270 e. The first-order valence-corrected chi connectivity index (χ1v) is 5.80. The number of rotatable bonds is 4. The lowest BCUT2D eigenvalue weighted by Crippen LogP contribution is -2.28. The van der Waals surface area contributed by atoms with E-state index < -0.39 is 0 Å². The van der Waals surface area contributed by atoms with Gasteiger partial charge in [0.2, 0.25) is 0 Å². The van der Waals surface area contributed by atoms with Crippen LogP contribution in [0, 0.1) is 6.92 Å². The normalized spacial score (nSPS) is 11.9. The fraction of sp³-hybridized carbons (Fsp3) is 0.333. The third kappa shape index (κ3) is 3.06. The minimum absolute atomic E-state index is 0.290. The van der Waals surface area contributed by atoms with E-state index in [1.807, 2.05) is 0 Å². The number of hydrogen-bond acceptors (Lipinski definition) is 5. The standard InChI is InChI=1S/C12H15N5O2/c1-7(11-15-8(2)16-17-11)14-12(18)10-6-9(19-3)4-5-13-10/h4-7H,1-3H3,(H,14,18)(H,15,16,17). The molecular formula is C12H15N5O2. The molecule has 0 aliphatic heterocycles. The molecule has 1 unspecified atom stereocenters. The maximum atomic E-state index is 12.0. The van der Waals surface area contributed by atoms with Gasteiger partial charge in [0.15, 0.2) is 5.82 Å². The number of aryl methyl sites for hydroxylation is 1. The summed E-state index contributed by atoms with van der Waals surface area (Å²) in [6.07, 6.45) is 1.52. The highest BCUT2D eigenvalue weighted by Crippen LogP contribution is 2.12. The van der Waals surface area contributed by atoms with Gasteiger partial charge in [-0.25, -0.2) is 4.98 Å². The molecular weight excluding hydrogens is 246 g/mol. The number of carbonyl (C=O) groups excluding carboxylic acids is 1. The Morgan fingerprint density at radius 2 is 2.32 bits per heavy atom. The summed E-state index contributed by atoms with van der Waals surface area (Å²) in [4.78, 5) is 20.2. The van der Waals surface area contributed by atoms with E-state index in [4.69, 9.17) is 4.74 Å². The van der Waals surface area contributed by atoms with Gasteiger partial charge < -0.3 is 10.1 Å². The third-order valence-corrected chi connectivity index (χ3v) is 2.55. The zero-order valence-corrected chi connectivity index (χ0v) is 11.0. The Labute approximate surface area is 110 Å². The lowest BCUT2D eigenvalue weighted by molar-refractivity contribution is 0.0933. The lowest BCUT2D eigenvalue weighted by atomic mass is 10.2. The molecule has 0 aromatic carbocycles. The third-order valence-electron chi connectivity index (χ3n) is 2.55. The molecule has 0 bridgehead atoms. The number of ether oxygens (including phenoxy) is 1. The molecule has 2 heterocycles. The second kappa shape index (κ2) is 5.47. The molecule has 1 atom stereocenters. The Morgan fingerprint density at radius 3 is 2.95 bits per heavy atom. The average molecular weight is 261 g/mol. The second-order valence-corrected chi connectivity index (χ2v) is 4.06. The predicted molar refractivity (Wildman–Crippen MR) is 67.8 cm³/mol. The summed E-state index contributed by atoms with van der Waals surface area (Å²) in [5.41, 5.74) is 0.290. The number of carbonyl (C=O) groups is 1. The molecule has 0 fully saturated rings. The zero-order chi connectivity index (χ0) is 13.8. The van der Waals surface area contributed by atoms with E-state index in [-0.39, 0.29) is 11.9 Å². The second-order valence-electron chi connectivity index (χ2n) is 4.06. The van der Waals surface area contributed by atoms with Gasteiger partial charge in [0.05, 0.1) is 13.2 Å². The SMILES string of the molecule is COc1ccnc(C(=O)NC(C)c2n[nH]c(C)n2)c1. The summed E-state index contributed by atoms with van der Waals surface area (Å²) in [7, 11) is 1.54. The van der Waals surface area contributed by atoms with Crippen molar-refractivity contribution < 1.29 is 9.53 Å². The number of methoxy groups -OCH3 is 1. The predicted octanol–water partition coefficient (Wildman–Crippen LogP) is 1.01. The van der Waals surface area contributed by atoms with Crippen molar-refractivity contribution in [3.8, 4) is 5.75 Å².